The molecule has 122 valence electrons. The van der Waals surface area contributed by atoms with E-state index in [-0.39, 0.29) is 12.0 Å². The zero-order valence-electron chi connectivity index (χ0n) is 13.3. The van der Waals surface area contributed by atoms with E-state index in [0.717, 1.165) is 30.8 Å². The van der Waals surface area contributed by atoms with Crippen LogP contribution in [0.3, 0.4) is 0 Å². The fourth-order valence-corrected chi connectivity index (χ4v) is 3.16. The van der Waals surface area contributed by atoms with Crippen LogP contribution in [0.1, 0.15) is 47.6 Å². The summed E-state index contributed by atoms with van der Waals surface area (Å²) in [4.78, 5) is 14.6. The number of aromatic nitrogens is 2. The molecular weight excluding hydrogens is 294 g/mol. The van der Waals surface area contributed by atoms with Crippen LogP contribution in [-0.2, 0) is 17.8 Å². The Hall–Kier alpha value is -2.08. The number of carbonyl (C=O) groups is 1. The highest BCUT2D eigenvalue weighted by atomic mass is 16.5. The molecule has 0 radical (unpaired) electrons. The highest BCUT2D eigenvalue weighted by Crippen LogP contribution is 2.40. The fraction of sp³-hybridized carbons (Fsp3) is 0.529. The Balaban J connectivity index is 1.56. The monoisotopic (exact) mass is 315 g/mol. The number of carbonyl (C=O) groups excluding carboxylic acids is 1. The highest BCUT2D eigenvalue weighted by molar-refractivity contribution is 5.92. The first-order valence-corrected chi connectivity index (χ1v) is 8.26. The van der Waals surface area contributed by atoms with Crippen molar-refractivity contribution in [2.45, 2.75) is 44.9 Å². The number of hydrogen-bond acceptors (Lipinski definition) is 4. The van der Waals surface area contributed by atoms with Gasteiger partial charge in [-0.2, -0.15) is 0 Å². The van der Waals surface area contributed by atoms with Crippen LogP contribution < -0.4 is 0 Å². The standard InChI is InChI=1S/C17H21N3O3/c1-2-22-14-10-19-7-3-4-13(19)9-20(11-14)17(21)15-8-16(23-18-15)12-5-6-12/h3-4,7-8,12,14H,2,5-6,9-11H2,1H3. The minimum absolute atomic E-state index is 0.00703. The first-order valence-electron chi connectivity index (χ1n) is 8.26. The molecule has 6 heteroatoms. The zero-order valence-corrected chi connectivity index (χ0v) is 13.3. The molecule has 4 rings (SSSR count). The van der Waals surface area contributed by atoms with E-state index in [1.807, 2.05) is 30.2 Å². The van der Waals surface area contributed by atoms with Gasteiger partial charge in [0.2, 0.25) is 0 Å². The predicted octanol–water partition coefficient (Wildman–Crippen LogP) is 2.41. The molecule has 0 spiro atoms. The second-order valence-electron chi connectivity index (χ2n) is 6.30. The molecule has 0 aromatic carbocycles. The van der Waals surface area contributed by atoms with Gasteiger partial charge in [-0.25, -0.2) is 0 Å². The summed E-state index contributed by atoms with van der Waals surface area (Å²) >= 11 is 0. The highest BCUT2D eigenvalue weighted by Gasteiger charge is 2.31. The van der Waals surface area contributed by atoms with Gasteiger partial charge >= 0.3 is 0 Å². The molecule has 1 fully saturated rings. The van der Waals surface area contributed by atoms with Gasteiger partial charge in [0, 0.05) is 37.0 Å². The van der Waals surface area contributed by atoms with Crippen molar-refractivity contribution in [2.75, 3.05) is 13.2 Å². The van der Waals surface area contributed by atoms with E-state index < -0.39 is 0 Å². The molecule has 1 atom stereocenters. The van der Waals surface area contributed by atoms with Gasteiger partial charge < -0.3 is 18.7 Å². The summed E-state index contributed by atoms with van der Waals surface area (Å²) in [5, 5.41) is 3.98. The van der Waals surface area contributed by atoms with Crippen LogP contribution in [0, 0.1) is 0 Å². The maximum atomic E-state index is 12.8. The lowest BCUT2D eigenvalue weighted by Gasteiger charge is -2.23. The van der Waals surface area contributed by atoms with E-state index in [1.165, 1.54) is 0 Å². The molecule has 1 amide bonds. The van der Waals surface area contributed by atoms with Crippen molar-refractivity contribution >= 4 is 5.91 Å². The third kappa shape index (κ3) is 2.91. The van der Waals surface area contributed by atoms with E-state index in [9.17, 15) is 4.79 Å². The average molecular weight is 315 g/mol. The molecule has 3 heterocycles. The van der Waals surface area contributed by atoms with Crippen molar-refractivity contribution in [3.8, 4) is 0 Å². The van der Waals surface area contributed by atoms with E-state index in [2.05, 4.69) is 9.72 Å². The van der Waals surface area contributed by atoms with Crippen LogP contribution in [-0.4, -0.2) is 39.8 Å². The van der Waals surface area contributed by atoms with Gasteiger partial charge in [-0.3, -0.25) is 4.79 Å². The molecule has 1 unspecified atom stereocenters. The van der Waals surface area contributed by atoms with E-state index in [4.69, 9.17) is 9.26 Å². The Kier molecular flexibility index (Phi) is 3.69. The fourth-order valence-electron chi connectivity index (χ4n) is 3.16. The summed E-state index contributed by atoms with van der Waals surface area (Å²) < 4.78 is 13.3. The Bertz CT molecular complexity index is 702. The molecule has 0 N–H and O–H groups in total. The maximum Gasteiger partial charge on any atom is 0.276 e. The minimum Gasteiger partial charge on any atom is -0.375 e. The SMILES string of the molecule is CCOC1CN(C(=O)c2cc(C3CC3)on2)Cc2cccn2C1. The molecule has 2 aromatic heterocycles. The first-order chi connectivity index (χ1) is 11.2. The summed E-state index contributed by atoms with van der Waals surface area (Å²) in [6.07, 6.45) is 4.29. The van der Waals surface area contributed by atoms with E-state index in [0.29, 0.717) is 31.3 Å². The quantitative estimate of drug-likeness (QED) is 0.869. The summed E-state index contributed by atoms with van der Waals surface area (Å²) in [6, 6.07) is 5.86. The van der Waals surface area contributed by atoms with Gasteiger partial charge in [-0.15, -0.1) is 0 Å². The summed E-state index contributed by atoms with van der Waals surface area (Å²) in [5.74, 6) is 1.22. The normalized spacial score (nSPS) is 21.1. The molecule has 23 heavy (non-hydrogen) atoms. The van der Waals surface area contributed by atoms with Gasteiger partial charge in [0.05, 0.1) is 19.2 Å². The topological polar surface area (TPSA) is 60.5 Å². The zero-order chi connectivity index (χ0) is 15.8. The van der Waals surface area contributed by atoms with E-state index in [1.54, 1.807) is 6.07 Å². The van der Waals surface area contributed by atoms with Gasteiger partial charge in [0.25, 0.3) is 5.91 Å². The van der Waals surface area contributed by atoms with Crippen LogP contribution in [0.25, 0.3) is 0 Å². The Morgan fingerprint density at radius 1 is 1.43 bits per heavy atom. The number of nitrogens with zero attached hydrogens (tertiary/aromatic N) is 3. The van der Waals surface area contributed by atoms with Gasteiger partial charge in [-0.1, -0.05) is 5.16 Å². The number of ether oxygens (including phenoxy) is 1. The predicted molar refractivity (Wildman–Crippen MR) is 83.1 cm³/mol. The molecule has 1 saturated carbocycles. The summed E-state index contributed by atoms with van der Waals surface area (Å²) in [7, 11) is 0. The third-order valence-electron chi connectivity index (χ3n) is 4.52. The van der Waals surface area contributed by atoms with Crippen molar-refractivity contribution in [1.29, 1.82) is 0 Å². The number of rotatable bonds is 4. The molecule has 2 aliphatic rings. The molecule has 2 aromatic rings. The Morgan fingerprint density at radius 2 is 2.30 bits per heavy atom. The lowest BCUT2D eigenvalue weighted by molar-refractivity contribution is 0.0255. The molecular formula is C17H21N3O3. The van der Waals surface area contributed by atoms with Crippen LogP contribution in [0.5, 0.6) is 0 Å². The summed E-state index contributed by atoms with van der Waals surface area (Å²) in [5.41, 5.74) is 1.52. The third-order valence-corrected chi connectivity index (χ3v) is 4.52. The average Bonchev–Trinajstić information content (AvgIpc) is 3.17. The minimum atomic E-state index is -0.0833. The van der Waals surface area contributed by atoms with Crippen LogP contribution in [0.2, 0.25) is 0 Å². The molecule has 0 saturated heterocycles. The lowest BCUT2D eigenvalue weighted by Crippen LogP contribution is -2.37. The van der Waals surface area contributed by atoms with Crippen molar-refractivity contribution in [1.82, 2.24) is 14.6 Å². The maximum absolute atomic E-state index is 12.8. The van der Waals surface area contributed by atoms with Crippen molar-refractivity contribution < 1.29 is 14.1 Å². The van der Waals surface area contributed by atoms with Crippen molar-refractivity contribution in [3.63, 3.8) is 0 Å². The van der Waals surface area contributed by atoms with Crippen molar-refractivity contribution in [3.05, 3.63) is 41.5 Å². The summed E-state index contributed by atoms with van der Waals surface area (Å²) in [6.45, 7) is 4.53. The van der Waals surface area contributed by atoms with Gasteiger partial charge in [0.15, 0.2) is 5.69 Å². The molecule has 6 nitrogen and oxygen atoms in total. The number of hydrogen-bond donors (Lipinski definition) is 0. The Morgan fingerprint density at radius 3 is 3.09 bits per heavy atom. The second-order valence-corrected chi connectivity index (χ2v) is 6.30. The van der Waals surface area contributed by atoms with Crippen LogP contribution >= 0.6 is 0 Å². The Labute approximate surface area is 135 Å². The van der Waals surface area contributed by atoms with Crippen LogP contribution in [0.15, 0.2) is 28.9 Å². The number of amides is 1. The van der Waals surface area contributed by atoms with E-state index >= 15 is 0 Å². The van der Waals surface area contributed by atoms with Crippen molar-refractivity contribution in [2.24, 2.45) is 0 Å². The molecule has 1 aliphatic heterocycles. The van der Waals surface area contributed by atoms with Gasteiger partial charge in [0.1, 0.15) is 5.76 Å². The smallest absolute Gasteiger partial charge is 0.276 e. The number of fused-ring (bicyclic) bond motifs is 1. The van der Waals surface area contributed by atoms with Crippen LogP contribution in [0.4, 0.5) is 0 Å². The molecule has 1 aliphatic carbocycles. The lowest BCUT2D eigenvalue weighted by atomic mass is 10.2. The largest absolute Gasteiger partial charge is 0.375 e. The second kappa shape index (κ2) is 5.85. The first kappa shape index (κ1) is 14.5. The molecule has 0 bridgehead atoms. The van der Waals surface area contributed by atoms with Gasteiger partial charge in [-0.05, 0) is 31.9 Å².